The summed E-state index contributed by atoms with van der Waals surface area (Å²) < 4.78 is 5.79. The second-order valence-electron chi connectivity index (χ2n) is 6.14. The van der Waals surface area contributed by atoms with Crippen molar-refractivity contribution in [2.75, 3.05) is 19.7 Å². The molecule has 2 aromatic heterocycles. The fraction of sp³-hybridized carbons (Fsp3) is 0.412. The smallest absolute Gasteiger partial charge is 0.256 e. The minimum atomic E-state index is -0.305. The summed E-state index contributed by atoms with van der Waals surface area (Å²) in [4.78, 5) is 19.2. The summed E-state index contributed by atoms with van der Waals surface area (Å²) in [7, 11) is 0. The summed E-state index contributed by atoms with van der Waals surface area (Å²) in [5.41, 5.74) is 1.39. The molecule has 8 heteroatoms. The monoisotopic (exact) mass is 340 g/mol. The Balaban J connectivity index is 1.54. The number of fused-ring (bicyclic) bond motifs is 1. The Labute approximate surface area is 144 Å². The minimum Gasteiger partial charge on any atom is -0.366 e. The van der Waals surface area contributed by atoms with Crippen LogP contribution in [-0.4, -0.2) is 55.9 Å². The number of carbonyl (C=O) groups is 1. The van der Waals surface area contributed by atoms with Crippen molar-refractivity contribution >= 4 is 16.8 Å². The highest BCUT2D eigenvalue weighted by atomic mass is 16.5. The van der Waals surface area contributed by atoms with E-state index in [9.17, 15) is 4.79 Å². The molecule has 3 heterocycles. The van der Waals surface area contributed by atoms with Crippen molar-refractivity contribution in [1.29, 1.82) is 0 Å². The van der Waals surface area contributed by atoms with Gasteiger partial charge in [-0.3, -0.25) is 15.0 Å². The van der Waals surface area contributed by atoms with Gasteiger partial charge < -0.3 is 9.64 Å². The highest BCUT2D eigenvalue weighted by molar-refractivity contribution is 6.05. The third kappa shape index (κ3) is 3.00. The Morgan fingerprint density at radius 2 is 2.32 bits per heavy atom. The summed E-state index contributed by atoms with van der Waals surface area (Å²) in [6.07, 6.45) is 3.26. The van der Waals surface area contributed by atoms with Crippen LogP contribution in [-0.2, 0) is 11.2 Å². The molecule has 1 atom stereocenters. The summed E-state index contributed by atoms with van der Waals surface area (Å²) in [6.45, 7) is 3.54. The van der Waals surface area contributed by atoms with Crippen LogP contribution in [0.4, 0.5) is 0 Å². The molecule has 1 aromatic carbocycles. The molecular weight excluding hydrogens is 320 g/mol. The standard InChI is InChI=1S/C17H20N6O2/c1-2-4-14-19-16(22-20-14)13-10-23(7-8-25-13)17(24)12-6-3-5-11-9-18-21-15(11)12/h3,5-6,9,13H,2,4,7-8,10H2,1H3,(H,18,21)(H,19,20,22). The Bertz CT molecular complexity index is 886. The molecule has 0 bridgehead atoms. The fourth-order valence-corrected chi connectivity index (χ4v) is 3.11. The second-order valence-corrected chi connectivity index (χ2v) is 6.14. The zero-order valence-electron chi connectivity index (χ0n) is 14.0. The summed E-state index contributed by atoms with van der Waals surface area (Å²) in [6, 6.07) is 5.62. The lowest BCUT2D eigenvalue weighted by atomic mass is 10.1. The molecule has 8 nitrogen and oxygen atoms in total. The third-order valence-corrected chi connectivity index (χ3v) is 4.38. The van der Waals surface area contributed by atoms with Crippen molar-refractivity contribution in [2.24, 2.45) is 0 Å². The molecule has 1 amide bonds. The van der Waals surface area contributed by atoms with E-state index in [4.69, 9.17) is 4.74 Å². The van der Waals surface area contributed by atoms with Gasteiger partial charge in [-0.2, -0.15) is 10.2 Å². The van der Waals surface area contributed by atoms with Crippen LogP contribution in [0.3, 0.4) is 0 Å². The normalized spacial score (nSPS) is 18.0. The van der Waals surface area contributed by atoms with E-state index >= 15 is 0 Å². The molecule has 25 heavy (non-hydrogen) atoms. The number of aromatic amines is 2. The Hall–Kier alpha value is -2.74. The summed E-state index contributed by atoms with van der Waals surface area (Å²) >= 11 is 0. The van der Waals surface area contributed by atoms with Gasteiger partial charge in [0.15, 0.2) is 5.82 Å². The largest absolute Gasteiger partial charge is 0.366 e. The van der Waals surface area contributed by atoms with E-state index in [-0.39, 0.29) is 12.0 Å². The molecule has 3 aromatic rings. The zero-order chi connectivity index (χ0) is 17.2. The van der Waals surface area contributed by atoms with Gasteiger partial charge in [-0.1, -0.05) is 19.1 Å². The first kappa shape index (κ1) is 15.8. The van der Waals surface area contributed by atoms with Crippen LogP contribution in [0.25, 0.3) is 10.9 Å². The van der Waals surface area contributed by atoms with E-state index in [1.807, 2.05) is 18.2 Å². The van der Waals surface area contributed by atoms with Crippen molar-refractivity contribution in [3.63, 3.8) is 0 Å². The van der Waals surface area contributed by atoms with Gasteiger partial charge >= 0.3 is 0 Å². The van der Waals surface area contributed by atoms with Gasteiger partial charge in [0, 0.05) is 18.4 Å². The quantitative estimate of drug-likeness (QED) is 0.755. The van der Waals surface area contributed by atoms with Crippen molar-refractivity contribution in [3.8, 4) is 0 Å². The van der Waals surface area contributed by atoms with E-state index in [0.717, 1.165) is 29.6 Å². The highest BCUT2D eigenvalue weighted by Crippen LogP contribution is 2.23. The summed E-state index contributed by atoms with van der Waals surface area (Å²) in [5.74, 6) is 1.43. The predicted octanol–water partition coefficient (Wildman–Crippen LogP) is 1.85. The molecule has 1 saturated heterocycles. The molecule has 0 spiro atoms. The van der Waals surface area contributed by atoms with Crippen molar-refractivity contribution in [2.45, 2.75) is 25.9 Å². The number of nitrogens with one attached hydrogen (secondary N) is 2. The number of aryl methyl sites for hydroxylation is 1. The van der Waals surface area contributed by atoms with Crippen molar-refractivity contribution in [3.05, 3.63) is 41.6 Å². The lowest BCUT2D eigenvalue weighted by Crippen LogP contribution is -2.42. The molecule has 0 aliphatic carbocycles. The van der Waals surface area contributed by atoms with Crippen LogP contribution in [0, 0.1) is 0 Å². The van der Waals surface area contributed by atoms with E-state index in [0.29, 0.717) is 31.1 Å². The molecule has 0 radical (unpaired) electrons. The SMILES string of the molecule is CCCc1nc(C2CN(C(=O)c3cccc4cn[nH]c34)CCO2)n[nH]1. The Kier molecular flexibility index (Phi) is 4.19. The number of nitrogens with zero attached hydrogens (tertiary/aromatic N) is 4. The first-order valence-corrected chi connectivity index (χ1v) is 8.50. The number of hydrogen-bond donors (Lipinski definition) is 2. The van der Waals surface area contributed by atoms with E-state index in [1.165, 1.54) is 0 Å². The van der Waals surface area contributed by atoms with Gasteiger partial charge in [0.25, 0.3) is 5.91 Å². The maximum Gasteiger partial charge on any atom is 0.256 e. The Morgan fingerprint density at radius 3 is 3.20 bits per heavy atom. The number of morpholine rings is 1. The molecule has 4 rings (SSSR count). The number of hydrogen-bond acceptors (Lipinski definition) is 5. The first-order valence-electron chi connectivity index (χ1n) is 8.50. The van der Waals surface area contributed by atoms with Gasteiger partial charge in [-0.15, -0.1) is 0 Å². The van der Waals surface area contributed by atoms with Gasteiger partial charge in [0.05, 0.1) is 30.4 Å². The average molecular weight is 340 g/mol. The van der Waals surface area contributed by atoms with Crippen molar-refractivity contribution < 1.29 is 9.53 Å². The van der Waals surface area contributed by atoms with Crippen LogP contribution in [0.2, 0.25) is 0 Å². The van der Waals surface area contributed by atoms with Crippen LogP contribution < -0.4 is 0 Å². The van der Waals surface area contributed by atoms with Crippen LogP contribution in [0.1, 0.15) is 41.5 Å². The third-order valence-electron chi connectivity index (χ3n) is 4.38. The molecule has 130 valence electrons. The number of benzene rings is 1. The number of rotatable bonds is 4. The number of aromatic nitrogens is 5. The zero-order valence-corrected chi connectivity index (χ0v) is 14.0. The number of ether oxygens (including phenoxy) is 1. The molecule has 0 saturated carbocycles. The highest BCUT2D eigenvalue weighted by Gasteiger charge is 2.29. The maximum absolute atomic E-state index is 13.0. The van der Waals surface area contributed by atoms with Crippen LogP contribution in [0.15, 0.2) is 24.4 Å². The first-order chi connectivity index (χ1) is 12.3. The number of carbonyl (C=O) groups excluding carboxylic acids is 1. The average Bonchev–Trinajstić information content (AvgIpc) is 3.30. The molecule has 1 fully saturated rings. The number of para-hydroxylation sites is 1. The van der Waals surface area contributed by atoms with Crippen LogP contribution in [0.5, 0.6) is 0 Å². The summed E-state index contributed by atoms with van der Waals surface area (Å²) in [5, 5.41) is 15.1. The molecule has 1 aliphatic heterocycles. The lowest BCUT2D eigenvalue weighted by Gasteiger charge is -2.31. The van der Waals surface area contributed by atoms with Gasteiger partial charge in [-0.25, -0.2) is 4.98 Å². The number of H-pyrrole nitrogens is 2. The van der Waals surface area contributed by atoms with E-state index < -0.39 is 0 Å². The van der Waals surface area contributed by atoms with Gasteiger partial charge in [0.1, 0.15) is 11.9 Å². The number of amides is 1. The molecule has 1 unspecified atom stereocenters. The molecule has 2 N–H and O–H groups in total. The maximum atomic E-state index is 13.0. The lowest BCUT2D eigenvalue weighted by molar-refractivity contribution is -0.0266. The van der Waals surface area contributed by atoms with Gasteiger partial charge in [-0.05, 0) is 12.5 Å². The minimum absolute atomic E-state index is 0.0348. The molecule has 1 aliphatic rings. The van der Waals surface area contributed by atoms with Crippen molar-refractivity contribution in [1.82, 2.24) is 30.3 Å². The molecular formula is C17H20N6O2. The van der Waals surface area contributed by atoms with E-state index in [1.54, 1.807) is 11.1 Å². The van der Waals surface area contributed by atoms with E-state index in [2.05, 4.69) is 32.3 Å². The predicted molar refractivity (Wildman–Crippen MR) is 91.1 cm³/mol. The Morgan fingerprint density at radius 1 is 1.40 bits per heavy atom. The van der Waals surface area contributed by atoms with Crippen LogP contribution >= 0.6 is 0 Å². The topological polar surface area (TPSA) is 99.8 Å². The second kappa shape index (κ2) is 6.64. The fourth-order valence-electron chi connectivity index (χ4n) is 3.11. The van der Waals surface area contributed by atoms with Gasteiger partial charge in [0.2, 0.25) is 0 Å².